The summed E-state index contributed by atoms with van der Waals surface area (Å²) in [7, 11) is 0. The highest BCUT2D eigenvalue weighted by Crippen LogP contribution is 2.26. The zero-order chi connectivity index (χ0) is 10.9. The van der Waals surface area contributed by atoms with E-state index in [1.54, 1.807) is 0 Å². The molecule has 0 radical (unpaired) electrons. The lowest BCUT2D eigenvalue weighted by Crippen LogP contribution is -2.16. The van der Waals surface area contributed by atoms with E-state index in [4.69, 9.17) is 0 Å². The van der Waals surface area contributed by atoms with Gasteiger partial charge in [-0.2, -0.15) is 9.78 Å². The predicted molar refractivity (Wildman–Crippen MR) is 46.8 cm³/mol. The largest absolute Gasteiger partial charge is 0.504 e. The fourth-order valence-corrected chi connectivity index (χ4v) is 1.10. The monoisotopic (exact) mass is 206 g/mol. The number of halogens is 3. The molecule has 1 heterocycles. The van der Waals surface area contributed by atoms with Crippen LogP contribution in [0.25, 0.3) is 0 Å². The van der Waals surface area contributed by atoms with Crippen LogP contribution < -0.4 is 0 Å². The van der Waals surface area contributed by atoms with Gasteiger partial charge in [-0.3, -0.25) is 0 Å². The molecule has 5 heteroatoms. The molecule has 0 fully saturated rings. The Labute approximate surface area is 80.7 Å². The van der Waals surface area contributed by atoms with Crippen molar-refractivity contribution in [2.75, 3.05) is 0 Å². The fourth-order valence-electron chi connectivity index (χ4n) is 1.10. The molecule has 0 aromatic carbocycles. The van der Waals surface area contributed by atoms with Gasteiger partial charge in [-0.25, -0.2) is 0 Å². The van der Waals surface area contributed by atoms with E-state index >= 15 is 0 Å². The first kappa shape index (κ1) is 11.1. The molecule has 1 aromatic heterocycles. The Bertz CT molecular complexity index is 301. The minimum absolute atomic E-state index is 0.0429. The van der Waals surface area contributed by atoms with Crippen LogP contribution in [0.5, 0.6) is 0 Å². The lowest BCUT2D eigenvalue weighted by Gasteiger charge is -2.12. The summed E-state index contributed by atoms with van der Waals surface area (Å²) in [5.41, 5.74) is 0.623. The van der Waals surface area contributed by atoms with Crippen molar-refractivity contribution in [2.24, 2.45) is 5.92 Å². The van der Waals surface area contributed by atoms with E-state index in [1.165, 1.54) is 6.20 Å². The Balaban J connectivity index is 2.89. The van der Waals surface area contributed by atoms with E-state index in [2.05, 4.69) is 5.10 Å². The maximum Gasteiger partial charge on any atom is 0.504 e. The number of alkyl halides is 3. The number of rotatable bonds is 2. The zero-order valence-electron chi connectivity index (χ0n) is 8.34. The van der Waals surface area contributed by atoms with Crippen molar-refractivity contribution in [3.05, 3.63) is 18.0 Å². The van der Waals surface area contributed by atoms with Crippen molar-refractivity contribution in [2.45, 2.75) is 33.0 Å². The maximum atomic E-state index is 12.2. The van der Waals surface area contributed by atoms with Gasteiger partial charge in [0.15, 0.2) is 0 Å². The molecule has 2 nitrogen and oxygen atoms in total. The van der Waals surface area contributed by atoms with Crippen LogP contribution in [0.1, 0.15) is 32.3 Å². The molecule has 14 heavy (non-hydrogen) atoms. The van der Waals surface area contributed by atoms with Gasteiger partial charge in [0, 0.05) is 6.20 Å². The minimum Gasteiger partial charge on any atom is -0.179 e. The number of hydrogen-bond acceptors (Lipinski definition) is 1. The van der Waals surface area contributed by atoms with Crippen LogP contribution in [0.4, 0.5) is 13.2 Å². The quantitative estimate of drug-likeness (QED) is 0.726. The Morgan fingerprint density at radius 1 is 1.29 bits per heavy atom. The summed E-state index contributed by atoms with van der Waals surface area (Å²) in [5, 5.41) is 3.28. The van der Waals surface area contributed by atoms with Crippen molar-refractivity contribution in [1.29, 1.82) is 0 Å². The SMILES string of the molecule is CC(C)[C@@H](C)c1cnn(C(F)(F)F)c1. The predicted octanol–water partition coefficient (Wildman–Crippen LogP) is 3.12. The third-order valence-corrected chi connectivity index (χ3v) is 2.39. The Morgan fingerprint density at radius 3 is 2.21 bits per heavy atom. The van der Waals surface area contributed by atoms with E-state index < -0.39 is 6.30 Å². The first-order chi connectivity index (χ1) is 6.32. The van der Waals surface area contributed by atoms with E-state index in [1.807, 2.05) is 20.8 Å². The second-order valence-electron chi connectivity index (χ2n) is 3.72. The zero-order valence-corrected chi connectivity index (χ0v) is 8.34. The third-order valence-electron chi connectivity index (χ3n) is 2.39. The summed E-state index contributed by atoms with van der Waals surface area (Å²) < 4.78 is 36.5. The highest BCUT2D eigenvalue weighted by molar-refractivity contribution is 5.11. The van der Waals surface area contributed by atoms with Crippen molar-refractivity contribution in [3.8, 4) is 0 Å². The van der Waals surface area contributed by atoms with Gasteiger partial charge in [0.05, 0.1) is 6.20 Å². The first-order valence-corrected chi connectivity index (χ1v) is 4.44. The molecule has 1 aromatic rings. The van der Waals surface area contributed by atoms with Crippen molar-refractivity contribution < 1.29 is 13.2 Å². The minimum atomic E-state index is -4.41. The van der Waals surface area contributed by atoms with Crippen LogP contribution in [0.3, 0.4) is 0 Å². The van der Waals surface area contributed by atoms with E-state index in [0.717, 1.165) is 6.20 Å². The molecule has 80 valence electrons. The fraction of sp³-hybridized carbons (Fsp3) is 0.667. The van der Waals surface area contributed by atoms with Crippen LogP contribution in [-0.4, -0.2) is 9.78 Å². The number of hydrogen-bond donors (Lipinski definition) is 0. The van der Waals surface area contributed by atoms with Crippen LogP contribution in [0, 0.1) is 5.92 Å². The first-order valence-electron chi connectivity index (χ1n) is 4.44. The summed E-state index contributed by atoms with van der Waals surface area (Å²) >= 11 is 0. The summed E-state index contributed by atoms with van der Waals surface area (Å²) in [6, 6.07) is 0. The van der Waals surface area contributed by atoms with Crippen LogP contribution >= 0.6 is 0 Å². The molecule has 0 N–H and O–H groups in total. The van der Waals surface area contributed by atoms with Gasteiger partial charge in [-0.1, -0.05) is 20.8 Å². The molecule has 1 atom stereocenters. The molecule has 0 spiro atoms. The summed E-state index contributed by atoms with van der Waals surface area (Å²) in [5.74, 6) is 0.395. The second-order valence-corrected chi connectivity index (χ2v) is 3.72. The second kappa shape index (κ2) is 3.63. The van der Waals surface area contributed by atoms with Gasteiger partial charge in [0.2, 0.25) is 0 Å². The molecule has 0 aliphatic carbocycles. The van der Waals surface area contributed by atoms with Gasteiger partial charge in [0.1, 0.15) is 0 Å². The van der Waals surface area contributed by atoms with Gasteiger partial charge in [-0.05, 0) is 17.4 Å². The summed E-state index contributed by atoms with van der Waals surface area (Å²) in [6.07, 6.45) is -2.09. The Morgan fingerprint density at radius 2 is 1.86 bits per heavy atom. The van der Waals surface area contributed by atoms with Crippen molar-refractivity contribution in [1.82, 2.24) is 9.78 Å². The smallest absolute Gasteiger partial charge is 0.179 e. The normalized spacial score (nSPS) is 14.8. The van der Waals surface area contributed by atoms with Crippen LogP contribution in [-0.2, 0) is 6.30 Å². The summed E-state index contributed by atoms with van der Waals surface area (Å²) in [4.78, 5) is 0. The van der Waals surface area contributed by atoms with Gasteiger partial charge < -0.3 is 0 Å². The maximum absolute atomic E-state index is 12.2. The topological polar surface area (TPSA) is 17.8 Å². The molecule has 0 saturated heterocycles. The highest BCUT2D eigenvalue weighted by atomic mass is 19.4. The summed E-state index contributed by atoms with van der Waals surface area (Å²) in [6.45, 7) is 5.83. The Kier molecular flexibility index (Phi) is 2.87. The average molecular weight is 206 g/mol. The van der Waals surface area contributed by atoms with Crippen molar-refractivity contribution >= 4 is 0 Å². The highest BCUT2D eigenvalue weighted by Gasteiger charge is 2.32. The molecular weight excluding hydrogens is 193 g/mol. The van der Waals surface area contributed by atoms with Crippen molar-refractivity contribution in [3.63, 3.8) is 0 Å². The van der Waals surface area contributed by atoms with Crippen LogP contribution in [0.2, 0.25) is 0 Å². The molecule has 0 amide bonds. The molecule has 0 aliphatic heterocycles. The molecular formula is C9H13F3N2. The Hall–Kier alpha value is -1.00. The lowest BCUT2D eigenvalue weighted by molar-refractivity contribution is -0.212. The standard InChI is InChI=1S/C9H13F3N2/c1-6(2)7(3)8-4-13-14(5-8)9(10,11)12/h4-7H,1-3H3/t7-/m1/s1. The van der Waals surface area contributed by atoms with Crippen LogP contribution in [0.15, 0.2) is 12.4 Å². The molecule has 0 bridgehead atoms. The molecule has 0 unspecified atom stereocenters. The average Bonchev–Trinajstić information content (AvgIpc) is 2.49. The lowest BCUT2D eigenvalue weighted by atomic mass is 9.93. The number of nitrogens with zero attached hydrogens (tertiary/aromatic N) is 2. The number of aromatic nitrogens is 2. The van der Waals surface area contributed by atoms with Gasteiger partial charge in [0.25, 0.3) is 0 Å². The van der Waals surface area contributed by atoms with E-state index in [9.17, 15) is 13.2 Å². The molecule has 0 saturated carbocycles. The molecule has 1 rings (SSSR count). The van der Waals surface area contributed by atoms with E-state index in [-0.39, 0.29) is 10.6 Å². The van der Waals surface area contributed by atoms with Gasteiger partial charge >= 0.3 is 6.30 Å². The van der Waals surface area contributed by atoms with E-state index in [0.29, 0.717) is 11.5 Å². The van der Waals surface area contributed by atoms with Gasteiger partial charge in [-0.15, -0.1) is 13.2 Å². The third kappa shape index (κ3) is 2.27. The molecule has 0 aliphatic rings.